The molecule has 0 N–H and O–H groups in total. The average molecular weight is 72.1 g/mol. The Balaban J connectivity index is 2.80. The maximum absolute atomic E-state index is 4.84. The van der Waals surface area contributed by atoms with E-state index in [2.05, 4.69) is 12.2 Å². The van der Waals surface area contributed by atoms with Gasteiger partial charge >= 0.3 is 0 Å². The molecule has 0 rings (SSSR count). The van der Waals surface area contributed by atoms with Crippen LogP contribution >= 0.6 is 12.2 Å². The van der Waals surface area contributed by atoms with E-state index in [1.807, 2.05) is 0 Å². The van der Waals surface area contributed by atoms with E-state index in [-0.39, 0.29) is 0 Å². The van der Waals surface area contributed by atoms with Crippen LogP contribution in [0.25, 0.3) is 0 Å². The first-order valence-electron chi connectivity index (χ1n) is 0.993. The molecule has 22 valence electrons. The lowest BCUT2D eigenvalue weighted by atomic mass is 10.6. The molecule has 0 atom stereocenters. The van der Waals surface area contributed by atoms with Crippen molar-refractivity contribution in [3.8, 4) is 0 Å². The third-order valence-corrected chi connectivity index (χ3v) is 0. The van der Waals surface area contributed by atoms with Crippen LogP contribution in [0.15, 0.2) is 0 Å². The Labute approximate surface area is 31.8 Å². The quantitative estimate of drug-likeness (QED) is 0.386. The fourth-order valence-electron chi connectivity index (χ4n) is 0. The van der Waals surface area contributed by atoms with E-state index < -0.39 is 0 Å². The molecule has 0 heterocycles. The second-order valence-electron chi connectivity index (χ2n) is 0.611. The van der Waals surface area contributed by atoms with Crippen LogP contribution in [0.5, 0.6) is 0 Å². The first-order valence-corrected chi connectivity index (χ1v) is 1.40. The zero-order valence-electron chi connectivity index (χ0n) is 2.49. The third-order valence-electron chi connectivity index (χ3n) is 0. The van der Waals surface area contributed by atoms with Gasteiger partial charge in [-0.1, -0.05) is 12.2 Å². The smallest absolute Gasteiger partial charge is 0.00590 e. The monoisotopic (exact) mass is 72.0 g/mol. The SMILES string of the molecule is [CH]C(C)=S. The summed E-state index contributed by atoms with van der Waals surface area (Å²) in [5.74, 6) is 0. The molecule has 0 aliphatic carbocycles. The average Bonchev–Trinajstić information content (AvgIpc) is 0.811. The van der Waals surface area contributed by atoms with E-state index in [4.69, 9.17) is 6.92 Å². The van der Waals surface area contributed by atoms with E-state index in [0.717, 1.165) is 0 Å². The molecule has 0 aromatic heterocycles. The normalized spacial score (nSPS) is 6.50. The fraction of sp³-hybridized carbons (Fsp3) is 0.333. The molecule has 0 aromatic rings. The Hall–Kier alpha value is 0.0900. The molecular formula is C3H4S. The van der Waals surface area contributed by atoms with Crippen molar-refractivity contribution in [1.82, 2.24) is 0 Å². The van der Waals surface area contributed by atoms with E-state index in [0.29, 0.717) is 4.86 Å². The maximum atomic E-state index is 4.84. The molecular weight excluding hydrogens is 68.1 g/mol. The van der Waals surface area contributed by atoms with Crippen molar-refractivity contribution in [2.24, 2.45) is 0 Å². The Bertz CT molecular complexity index is 26.3. The van der Waals surface area contributed by atoms with Gasteiger partial charge in [-0.3, -0.25) is 0 Å². The van der Waals surface area contributed by atoms with E-state index in [9.17, 15) is 0 Å². The summed E-state index contributed by atoms with van der Waals surface area (Å²) in [6.45, 7) is 6.52. The molecule has 0 aromatic carbocycles. The molecule has 4 heavy (non-hydrogen) atoms. The van der Waals surface area contributed by atoms with Gasteiger partial charge in [-0.25, -0.2) is 0 Å². The minimum absolute atomic E-state index is 0.500. The van der Waals surface area contributed by atoms with Crippen LogP contribution in [0.3, 0.4) is 0 Å². The highest BCUT2D eigenvalue weighted by Crippen LogP contribution is 1.60. The molecule has 0 bridgehead atoms. The number of hydrogen-bond acceptors (Lipinski definition) is 1. The lowest BCUT2D eigenvalue weighted by molar-refractivity contribution is 2.02. The highest BCUT2D eigenvalue weighted by Gasteiger charge is 1.57. The Morgan fingerprint density at radius 3 is 2.00 bits per heavy atom. The lowest BCUT2D eigenvalue weighted by Gasteiger charge is -1.60. The molecule has 0 saturated heterocycles. The zero-order valence-corrected chi connectivity index (χ0v) is 3.30. The van der Waals surface area contributed by atoms with Crippen LogP contribution in [0.4, 0.5) is 0 Å². The molecule has 0 fully saturated rings. The van der Waals surface area contributed by atoms with Gasteiger partial charge in [0.1, 0.15) is 0 Å². The summed E-state index contributed by atoms with van der Waals surface area (Å²) in [7, 11) is 0. The minimum atomic E-state index is 0.500. The van der Waals surface area contributed by atoms with Crippen molar-refractivity contribution in [1.29, 1.82) is 0 Å². The van der Waals surface area contributed by atoms with Crippen molar-refractivity contribution >= 4 is 17.1 Å². The predicted molar refractivity (Wildman–Crippen MR) is 22.6 cm³/mol. The zero-order chi connectivity index (χ0) is 3.58. The summed E-state index contributed by atoms with van der Waals surface area (Å²) in [4.78, 5) is 0.500. The molecule has 0 aliphatic rings. The predicted octanol–water partition coefficient (Wildman–Crippen LogP) is 1.09. The molecule has 0 saturated carbocycles. The third kappa shape index (κ3) is 307. The van der Waals surface area contributed by atoms with Gasteiger partial charge in [-0.2, -0.15) is 0 Å². The molecule has 2 radical (unpaired) electrons. The van der Waals surface area contributed by atoms with Gasteiger partial charge in [0.25, 0.3) is 0 Å². The summed E-state index contributed by atoms with van der Waals surface area (Å²) in [6.07, 6.45) is 0. The van der Waals surface area contributed by atoms with Gasteiger partial charge < -0.3 is 0 Å². The first-order chi connectivity index (χ1) is 1.73. The summed E-state index contributed by atoms with van der Waals surface area (Å²) in [5, 5.41) is 0. The van der Waals surface area contributed by atoms with E-state index in [1.165, 1.54) is 0 Å². The van der Waals surface area contributed by atoms with E-state index >= 15 is 0 Å². The standard InChI is InChI=1S/C3H4S/c1-3(2)4/h1H,2H3. The molecule has 0 aliphatic heterocycles. The largest absolute Gasteiger partial charge is 0.0896 e. The van der Waals surface area contributed by atoms with Gasteiger partial charge in [-0.05, 0) is 11.8 Å². The van der Waals surface area contributed by atoms with Gasteiger partial charge in [0.2, 0.25) is 0 Å². The summed E-state index contributed by atoms with van der Waals surface area (Å²) < 4.78 is 0. The summed E-state index contributed by atoms with van der Waals surface area (Å²) in [5.41, 5.74) is 0. The highest BCUT2D eigenvalue weighted by molar-refractivity contribution is 7.80. The van der Waals surface area contributed by atoms with Crippen LogP contribution in [-0.4, -0.2) is 4.86 Å². The fourth-order valence-corrected chi connectivity index (χ4v) is 0. The highest BCUT2D eigenvalue weighted by atomic mass is 32.1. The molecule has 1 heteroatoms. The van der Waals surface area contributed by atoms with Crippen molar-refractivity contribution in [3.63, 3.8) is 0 Å². The molecule has 0 amide bonds. The van der Waals surface area contributed by atoms with Crippen LogP contribution in [0.1, 0.15) is 6.92 Å². The van der Waals surface area contributed by atoms with Gasteiger partial charge in [0.15, 0.2) is 0 Å². The molecule has 0 nitrogen and oxygen atoms in total. The first kappa shape index (κ1) is 4.09. The number of rotatable bonds is 0. The Morgan fingerprint density at radius 2 is 2.00 bits per heavy atom. The number of hydrogen-bond donors (Lipinski definition) is 0. The Morgan fingerprint density at radius 1 is 2.00 bits per heavy atom. The van der Waals surface area contributed by atoms with Crippen molar-refractivity contribution < 1.29 is 0 Å². The van der Waals surface area contributed by atoms with Gasteiger partial charge in [0, 0.05) is 6.92 Å². The molecule has 0 spiro atoms. The van der Waals surface area contributed by atoms with E-state index in [1.54, 1.807) is 6.92 Å². The Kier molecular flexibility index (Phi) is 1.45. The second kappa shape index (κ2) is 1.41. The van der Waals surface area contributed by atoms with Crippen LogP contribution in [0.2, 0.25) is 0 Å². The summed E-state index contributed by atoms with van der Waals surface area (Å²) >= 11 is 4.31. The number of thiocarbonyl (C=S) groups is 1. The van der Waals surface area contributed by atoms with Crippen molar-refractivity contribution in [3.05, 3.63) is 6.92 Å². The topological polar surface area (TPSA) is 0 Å². The van der Waals surface area contributed by atoms with Crippen LogP contribution < -0.4 is 0 Å². The summed E-state index contributed by atoms with van der Waals surface area (Å²) in [6, 6.07) is 0. The second-order valence-corrected chi connectivity index (χ2v) is 1.25. The van der Waals surface area contributed by atoms with Crippen LogP contribution in [-0.2, 0) is 0 Å². The van der Waals surface area contributed by atoms with Crippen molar-refractivity contribution in [2.45, 2.75) is 6.92 Å². The van der Waals surface area contributed by atoms with Crippen molar-refractivity contribution in [2.75, 3.05) is 0 Å². The minimum Gasteiger partial charge on any atom is -0.0896 e. The van der Waals surface area contributed by atoms with Gasteiger partial charge in [0.05, 0.1) is 0 Å². The van der Waals surface area contributed by atoms with Crippen LogP contribution in [0, 0.1) is 6.92 Å². The maximum Gasteiger partial charge on any atom is 0.00590 e. The van der Waals surface area contributed by atoms with Gasteiger partial charge in [-0.15, -0.1) is 0 Å². The molecule has 0 unspecified atom stereocenters. The lowest BCUT2D eigenvalue weighted by Crippen LogP contribution is -1.64.